The minimum atomic E-state index is -0.310. The van der Waals surface area contributed by atoms with Gasteiger partial charge in [-0.15, -0.1) is 0 Å². The molecule has 1 atom stereocenters. The molecule has 0 radical (unpaired) electrons. The predicted octanol–water partition coefficient (Wildman–Crippen LogP) is 4.21. The quantitative estimate of drug-likeness (QED) is 0.701. The SMILES string of the molecule is CN(C(=O)C1CCCO1)c1ccc2cc(-c3n[nH]c4c3CCC(C)(C)C4)[nH]c2c1. The highest BCUT2D eigenvalue weighted by Crippen LogP contribution is 2.38. The second-order valence-electron chi connectivity index (χ2n) is 9.22. The fourth-order valence-corrected chi connectivity index (χ4v) is 4.64. The van der Waals surface area contributed by atoms with E-state index in [9.17, 15) is 4.79 Å². The molecule has 5 rings (SSSR count). The summed E-state index contributed by atoms with van der Waals surface area (Å²) in [4.78, 5) is 17.9. The summed E-state index contributed by atoms with van der Waals surface area (Å²) >= 11 is 0. The first-order valence-electron chi connectivity index (χ1n) is 10.5. The number of carbonyl (C=O) groups is 1. The van der Waals surface area contributed by atoms with Gasteiger partial charge in [-0.3, -0.25) is 9.89 Å². The maximum Gasteiger partial charge on any atom is 0.255 e. The van der Waals surface area contributed by atoms with E-state index in [0.29, 0.717) is 12.0 Å². The lowest BCUT2D eigenvalue weighted by atomic mass is 9.76. The molecule has 3 aromatic rings. The second kappa shape index (κ2) is 6.73. The van der Waals surface area contributed by atoms with E-state index in [2.05, 4.69) is 41.2 Å². The Hall–Kier alpha value is -2.60. The summed E-state index contributed by atoms with van der Waals surface area (Å²) in [5.74, 6) is 0.0256. The summed E-state index contributed by atoms with van der Waals surface area (Å²) in [5.41, 5.74) is 6.86. The Balaban J connectivity index is 1.45. The van der Waals surface area contributed by atoms with Crippen molar-refractivity contribution in [3.05, 3.63) is 35.5 Å². The van der Waals surface area contributed by atoms with E-state index >= 15 is 0 Å². The molecule has 1 aliphatic heterocycles. The van der Waals surface area contributed by atoms with Crippen LogP contribution in [0.4, 0.5) is 5.69 Å². The van der Waals surface area contributed by atoms with Gasteiger partial charge in [0, 0.05) is 41.5 Å². The number of nitrogens with one attached hydrogen (secondary N) is 2. The van der Waals surface area contributed by atoms with E-state index in [1.54, 1.807) is 4.90 Å². The van der Waals surface area contributed by atoms with Gasteiger partial charge in [0.05, 0.1) is 5.69 Å². The highest BCUT2D eigenvalue weighted by Gasteiger charge is 2.30. The Morgan fingerprint density at radius 1 is 1.31 bits per heavy atom. The summed E-state index contributed by atoms with van der Waals surface area (Å²) < 4.78 is 5.55. The minimum absolute atomic E-state index is 0.0256. The van der Waals surface area contributed by atoms with Crippen molar-refractivity contribution in [2.24, 2.45) is 5.41 Å². The molecule has 0 spiro atoms. The average molecular weight is 393 g/mol. The van der Waals surface area contributed by atoms with Crippen molar-refractivity contribution < 1.29 is 9.53 Å². The Labute approximate surface area is 170 Å². The van der Waals surface area contributed by atoms with E-state index in [4.69, 9.17) is 4.74 Å². The molecule has 6 nitrogen and oxygen atoms in total. The van der Waals surface area contributed by atoms with Crippen LogP contribution in [0, 0.1) is 5.41 Å². The number of carbonyl (C=O) groups excluding carboxylic acids is 1. The number of nitrogens with zero attached hydrogens (tertiary/aromatic N) is 2. The van der Waals surface area contributed by atoms with Gasteiger partial charge in [-0.2, -0.15) is 5.10 Å². The van der Waals surface area contributed by atoms with Crippen LogP contribution in [0.2, 0.25) is 0 Å². The molecular weight excluding hydrogens is 364 g/mol. The van der Waals surface area contributed by atoms with Crippen LogP contribution in [0.1, 0.15) is 44.4 Å². The van der Waals surface area contributed by atoms with Crippen LogP contribution >= 0.6 is 0 Å². The number of amides is 1. The Kier molecular flexibility index (Phi) is 4.28. The van der Waals surface area contributed by atoms with Crippen LogP contribution in [0.3, 0.4) is 0 Å². The van der Waals surface area contributed by atoms with Gasteiger partial charge in [-0.1, -0.05) is 19.9 Å². The molecule has 0 bridgehead atoms. The maximum atomic E-state index is 12.7. The summed E-state index contributed by atoms with van der Waals surface area (Å²) in [6.07, 6.45) is 4.71. The number of fused-ring (bicyclic) bond motifs is 2. The smallest absolute Gasteiger partial charge is 0.255 e. The van der Waals surface area contributed by atoms with Crippen molar-refractivity contribution in [3.63, 3.8) is 0 Å². The first-order chi connectivity index (χ1) is 13.9. The van der Waals surface area contributed by atoms with E-state index < -0.39 is 0 Å². The van der Waals surface area contributed by atoms with Crippen LogP contribution in [0.25, 0.3) is 22.3 Å². The summed E-state index contributed by atoms with van der Waals surface area (Å²) in [5, 5.41) is 9.01. The number of likely N-dealkylation sites (N-methyl/N-ethyl adjacent to an activating group) is 1. The fraction of sp³-hybridized carbons (Fsp3) is 0.478. The number of hydrogen-bond acceptors (Lipinski definition) is 3. The van der Waals surface area contributed by atoms with Crippen molar-refractivity contribution in [1.29, 1.82) is 0 Å². The number of H-pyrrole nitrogens is 2. The van der Waals surface area contributed by atoms with Crippen molar-refractivity contribution in [2.45, 2.75) is 52.1 Å². The topological polar surface area (TPSA) is 74.0 Å². The van der Waals surface area contributed by atoms with Crippen LogP contribution in [0.5, 0.6) is 0 Å². The molecule has 3 heterocycles. The van der Waals surface area contributed by atoms with Gasteiger partial charge in [-0.05, 0) is 55.7 Å². The molecule has 1 amide bonds. The normalized spacial score (nSPS) is 20.7. The molecular formula is C23H28N4O2. The Morgan fingerprint density at radius 3 is 2.97 bits per heavy atom. The van der Waals surface area contributed by atoms with Crippen molar-refractivity contribution >= 4 is 22.5 Å². The van der Waals surface area contributed by atoms with E-state index in [1.165, 1.54) is 17.7 Å². The molecule has 6 heteroatoms. The van der Waals surface area contributed by atoms with E-state index in [-0.39, 0.29) is 12.0 Å². The lowest BCUT2D eigenvalue weighted by Crippen LogP contribution is -2.35. The van der Waals surface area contributed by atoms with Gasteiger partial charge in [0.15, 0.2) is 0 Å². The fourth-order valence-electron chi connectivity index (χ4n) is 4.64. The second-order valence-corrected chi connectivity index (χ2v) is 9.22. The molecule has 2 N–H and O–H groups in total. The molecule has 1 fully saturated rings. The number of anilines is 1. The zero-order valence-electron chi connectivity index (χ0n) is 17.3. The van der Waals surface area contributed by atoms with Gasteiger partial charge < -0.3 is 14.6 Å². The molecule has 152 valence electrons. The Bertz CT molecular complexity index is 1070. The highest BCUT2D eigenvalue weighted by atomic mass is 16.5. The molecule has 29 heavy (non-hydrogen) atoms. The monoisotopic (exact) mass is 392 g/mol. The number of benzene rings is 1. The largest absolute Gasteiger partial charge is 0.368 e. The number of hydrogen-bond donors (Lipinski definition) is 2. The number of rotatable bonds is 3. The van der Waals surface area contributed by atoms with Gasteiger partial charge in [0.2, 0.25) is 0 Å². The third-order valence-corrected chi connectivity index (χ3v) is 6.44. The van der Waals surface area contributed by atoms with Crippen LogP contribution < -0.4 is 4.90 Å². The highest BCUT2D eigenvalue weighted by molar-refractivity contribution is 5.98. The maximum absolute atomic E-state index is 12.7. The molecule has 1 unspecified atom stereocenters. The van der Waals surface area contributed by atoms with Crippen LogP contribution in [-0.4, -0.2) is 40.8 Å². The first kappa shape index (κ1) is 18.4. The molecule has 1 aliphatic carbocycles. The number of aromatic amines is 2. The standard InChI is InChI=1S/C23H28N4O2/c1-23(2)9-8-16-19(13-23)25-26-21(16)18-11-14-6-7-15(12-17(14)24-18)27(3)22(28)20-5-4-10-29-20/h6-7,11-12,20,24H,4-5,8-10,13H2,1-3H3,(H,25,26). The zero-order valence-corrected chi connectivity index (χ0v) is 17.3. The van der Waals surface area contributed by atoms with Gasteiger partial charge in [-0.25, -0.2) is 0 Å². The molecule has 1 aromatic carbocycles. The van der Waals surface area contributed by atoms with E-state index in [1.807, 2.05) is 19.2 Å². The van der Waals surface area contributed by atoms with E-state index in [0.717, 1.165) is 53.7 Å². The third kappa shape index (κ3) is 3.25. The summed E-state index contributed by atoms with van der Waals surface area (Å²) in [7, 11) is 1.82. The lowest BCUT2D eigenvalue weighted by molar-refractivity contribution is -0.127. The number of ether oxygens (including phenoxy) is 1. The molecule has 2 aliphatic rings. The number of aromatic nitrogens is 3. The van der Waals surface area contributed by atoms with Crippen molar-refractivity contribution in [3.8, 4) is 11.4 Å². The first-order valence-corrected chi connectivity index (χ1v) is 10.5. The zero-order chi connectivity index (χ0) is 20.2. The third-order valence-electron chi connectivity index (χ3n) is 6.44. The van der Waals surface area contributed by atoms with Gasteiger partial charge >= 0.3 is 0 Å². The van der Waals surface area contributed by atoms with Crippen molar-refractivity contribution in [2.75, 3.05) is 18.6 Å². The van der Waals surface area contributed by atoms with Crippen LogP contribution in [-0.2, 0) is 22.4 Å². The predicted molar refractivity (Wildman–Crippen MR) is 114 cm³/mol. The molecule has 1 saturated heterocycles. The van der Waals surface area contributed by atoms with Gasteiger partial charge in [0.25, 0.3) is 5.91 Å². The molecule has 0 saturated carbocycles. The van der Waals surface area contributed by atoms with Crippen molar-refractivity contribution in [1.82, 2.24) is 15.2 Å². The van der Waals surface area contributed by atoms with Gasteiger partial charge in [0.1, 0.15) is 11.8 Å². The minimum Gasteiger partial charge on any atom is -0.368 e. The lowest BCUT2D eigenvalue weighted by Gasteiger charge is -2.28. The molecule has 2 aromatic heterocycles. The Morgan fingerprint density at radius 2 is 2.17 bits per heavy atom. The summed E-state index contributed by atoms with van der Waals surface area (Å²) in [6.45, 7) is 5.30. The van der Waals surface area contributed by atoms with Crippen LogP contribution in [0.15, 0.2) is 24.3 Å². The average Bonchev–Trinajstić information content (AvgIpc) is 3.43. The summed E-state index contributed by atoms with van der Waals surface area (Å²) in [6, 6.07) is 8.24.